The zero-order chi connectivity index (χ0) is 14.6. The van der Waals surface area contributed by atoms with E-state index in [1.165, 1.54) is 25.2 Å². The minimum Gasteiger partial charge on any atom is -0.468 e. The Kier molecular flexibility index (Phi) is 4.56. The Labute approximate surface area is 120 Å². The number of H-pyrrole nitrogens is 1. The second-order valence-electron chi connectivity index (χ2n) is 4.42. The van der Waals surface area contributed by atoms with Crippen LogP contribution in [0.4, 0.5) is 0 Å². The molecule has 0 bridgehead atoms. The molecular formula is C12H17N5O2S. The van der Waals surface area contributed by atoms with Gasteiger partial charge in [0, 0.05) is 5.75 Å². The third-order valence-corrected chi connectivity index (χ3v) is 4.19. The Balaban J connectivity index is 2.17. The van der Waals surface area contributed by atoms with Crippen molar-refractivity contribution >= 4 is 28.9 Å². The lowest BCUT2D eigenvalue weighted by atomic mass is 10.1. The summed E-state index contributed by atoms with van der Waals surface area (Å²) in [7, 11) is 1.39. The lowest BCUT2D eigenvalue weighted by Gasteiger charge is -2.26. The SMILES string of the molecule is CCNC(C)(CSc1ncnc2nc[nH]c12)C(=O)OC. The highest BCUT2D eigenvalue weighted by Gasteiger charge is 2.33. The fraction of sp³-hybridized carbons (Fsp3) is 0.500. The number of esters is 1. The Bertz CT molecular complexity index is 602. The van der Waals surface area contributed by atoms with Gasteiger partial charge in [0.05, 0.1) is 13.4 Å². The van der Waals surface area contributed by atoms with Crippen LogP contribution in [-0.4, -0.2) is 50.9 Å². The maximum absolute atomic E-state index is 11.9. The van der Waals surface area contributed by atoms with Gasteiger partial charge in [-0.15, -0.1) is 11.8 Å². The highest BCUT2D eigenvalue weighted by Crippen LogP contribution is 2.25. The molecule has 2 heterocycles. The van der Waals surface area contributed by atoms with Gasteiger partial charge in [-0.3, -0.25) is 4.79 Å². The molecule has 0 amide bonds. The summed E-state index contributed by atoms with van der Waals surface area (Å²) in [4.78, 5) is 27.3. The molecule has 0 aliphatic heterocycles. The smallest absolute Gasteiger partial charge is 0.326 e. The number of carbonyl (C=O) groups is 1. The van der Waals surface area contributed by atoms with E-state index in [-0.39, 0.29) is 5.97 Å². The Morgan fingerprint density at radius 3 is 3.00 bits per heavy atom. The highest BCUT2D eigenvalue weighted by molar-refractivity contribution is 7.99. The molecular weight excluding hydrogens is 278 g/mol. The summed E-state index contributed by atoms with van der Waals surface area (Å²) in [5, 5.41) is 3.92. The predicted octanol–water partition coefficient (Wildman–Crippen LogP) is 0.986. The molecule has 0 aromatic carbocycles. The molecule has 0 saturated heterocycles. The summed E-state index contributed by atoms with van der Waals surface area (Å²) in [6, 6.07) is 0. The van der Waals surface area contributed by atoms with Crippen LogP contribution in [-0.2, 0) is 9.53 Å². The number of nitrogens with one attached hydrogen (secondary N) is 2. The third-order valence-electron chi connectivity index (χ3n) is 2.89. The average molecular weight is 295 g/mol. The molecule has 1 unspecified atom stereocenters. The highest BCUT2D eigenvalue weighted by atomic mass is 32.2. The molecule has 0 spiro atoms. The number of nitrogens with zero attached hydrogens (tertiary/aromatic N) is 3. The maximum Gasteiger partial charge on any atom is 0.326 e. The fourth-order valence-corrected chi connectivity index (χ4v) is 2.92. The van der Waals surface area contributed by atoms with Crippen molar-refractivity contribution in [2.75, 3.05) is 19.4 Å². The number of rotatable bonds is 6. The quantitative estimate of drug-likeness (QED) is 0.466. The van der Waals surface area contributed by atoms with E-state index < -0.39 is 5.54 Å². The number of thioether (sulfide) groups is 1. The number of carbonyl (C=O) groups excluding carboxylic acids is 1. The minimum atomic E-state index is -0.758. The van der Waals surface area contributed by atoms with E-state index in [1.54, 1.807) is 6.33 Å². The van der Waals surface area contributed by atoms with Gasteiger partial charge in [-0.1, -0.05) is 6.92 Å². The van der Waals surface area contributed by atoms with Crippen molar-refractivity contribution in [3.8, 4) is 0 Å². The second kappa shape index (κ2) is 6.19. The predicted molar refractivity (Wildman–Crippen MR) is 76.5 cm³/mol. The van der Waals surface area contributed by atoms with Gasteiger partial charge in [-0.25, -0.2) is 15.0 Å². The Morgan fingerprint density at radius 1 is 1.50 bits per heavy atom. The molecule has 0 aliphatic carbocycles. The van der Waals surface area contributed by atoms with Crippen LogP contribution in [0.3, 0.4) is 0 Å². The van der Waals surface area contributed by atoms with E-state index in [0.717, 1.165) is 10.5 Å². The van der Waals surface area contributed by atoms with Crippen LogP contribution in [0.5, 0.6) is 0 Å². The van der Waals surface area contributed by atoms with E-state index in [0.29, 0.717) is 17.9 Å². The molecule has 2 aromatic rings. The first-order valence-corrected chi connectivity index (χ1v) is 7.19. The molecule has 2 aromatic heterocycles. The van der Waals surface area contributed by atoms with Crippen molar-refractivity contribution in [1.82, 2.24) is 25.3 Å². The van der Waals surface area contributed by atoms with Crippen LogP contribution in [0, 0.1) is 0 Å². The summed E-state index contributed by atoms with van der Waals surface area (Å²) >= 11 is 1.46. The van der Waals surface area contributed by atoms with Crippen LogP contribution in [0.1, 0.15) is 13.8 Å². The summed E-state index contributed by atoms with van der Waals surface area (Å²) < 4.78 is 4.86. The first-order valence-electron chi connectivity index (χ1n) is 6.21. The molecule has 0 radical (unpaired) electrons. The molecule has 0 saturated carbocycles. The number of hydrogen-bond acceptors (Lipinski definition) is 7. The number of likely N-dealkylation sites (N-methyl/N-ethyl adjacent to an activating group) is 1. The standard InChI is InChI=1S/C12H17N5O2S/c1-4-17-12(2,11(18)19-3)5-20-10-8-9(14-6-13-8)15-7-16-10/h6-7,17H,4-5H2,1-3H3,(H,13,14,15,16). The topological polar surface area (TPSA) is 92.8 Å². The lowest BCUT2D eigenvalue weighted by Crippen LogP contribution is -2.52. The number of aromatic nitrogens is 4. The van der Waals surface area contributed by atoms with Crippen molar-refractivity contribution in [3.63, 3.8) is 0 Å². The van der Waals surface area contributed by atoms with E-state index in [4.69, 9.17) is 4.74 Å². The molecule has 0 aliphatic rings. The van der Waals surface area contributed by atoms with E-state index >= 15 is 0 Å². The summed E-state index contributed by atoms with van der Waals surface area (Å²) in [6.45, 7) is 4.44. The normalized spacial score (nSPS) is 14.2. The number of aromatic amines is 1. The molecule has 108 valence electrons. The first-order chi connectivity index (χ1) is 9.60. The van der Waals surface area contributed by atoms with Crippen molar-refractivity contribution in [2.24, 2.45) is 0 Å². The van der Waals surface area contributed by atoms with Gasteiger partial charge >= 0.3 is 5.97 Å². The van der Waals surface area contributed by atoms with Crippen LogP contribution in [0.15, 0.2) is 17.7 Å². The van der Waals surface area contributed by atoms with Crippen molar-refractivity contribution < 1.29 is 9.53 Å². The summed E-state index contributed by atoms with van der Waals surface area (Å²) in [6.07, 6.45) is 3.04. The molecule has 20 heavy (non-hydrogen) atoms. The van der Waals surface area contributed by atoms with Gasteiger partial charge in [0.15, 0.2) is 5.65 Å². The molecule has 7 nitrogen and oxygen atoms in total. The Morgan fingerprint density at radius 2 is 2.30 bits per heavy atom. The van der Waals surface area contributed by atoms with Gasteiger partial charge in [0.2, 0.25) is 0 Å². The van der Waals surface area contributed by atoms with Gasteiger partial charge in [-0.05, 0) is 13.5 Å². The average Bonchev–Trinajstić information content (AvgIpc) is 2.93. The molecule has 8 heteroatoms. The van der Waals surface area contributed by atoms with E-state index in [9.17, 15) is 4.79 Å². The molecule has 2 rings (SSSR count). The summed E-state index contributed by atoms with van der Waals surface area (Å²) in [5.74, 6) is 0.209. The third kappa shape index (κ3) is 2.91. The van der Waals surface area contributed by atoms with Gasteiger partial charge < -0.3 is 15.0 Å². The van der Waals surface area contributed by atoms with Gasteiger partial charge in [-0.2, -0.15) is 0 Å². The number of imidazole rings is 1. The van der Waals surface area contributed by atoms with Crippen molar-refractivity contribution in [1.29, 1.82) is 0 Å². The Hall–Kier alpha value is -1.67. The molecule has 2 N–H and O–H groups in total. The number of fused-ring (bicyclic) bond motifs is 1. The largest absolute Gasteiger partial charge is 0.468 e. The second-order valence-corrected chi connectivity index (χ2v) is 5.39. The zero-order valence-corrected chi connectivity index (χ0v) is 12.5. The van der Waals surface area contributed by atoms with Crippen LogP contribution in [0.25, 0.3) is 11.2 Å². The van der Waals surface area contributed by atoms with Crippen LogP contribution >= 0.6 is 11.8 Å². The molecule has 1 atom stereocenters. The minimum absolute atomic E-state index is 0.290. The zero-order valence-electron chi connectivity index (χ0n) is 11.6. The number of ether oxygens (including phenoxy) is 1. The number of methoxy groups -OCH3 is 1. The van der Waals surface area contributed by atoms with E-state index in [2.05, 4.69) is 25.3 Å². The van der Waals surface area contributed by atoms with Gasteiger partial charge in [0.25, 0.3) is 0 Å². The fourth-order valence-electron chi connectivity index (χ4n) is 1.86. The number of hydrogen-bond donors (Lipinski definition) is 2. The van der Waals surface area contributed by atoms with Gasteiger partial charge in [0.1, 0.15) is 22.4 Å². The molecule has 0 fully saturated rings. The first kappa shape index (κ1) is 14.7. The maximum atomic E-state index is 11.9. The summed E-state index contributed by atoms with van der Waals surface area (Å²) in [5.41, 5.74) is 0.637. The monoisotopic (exact) mass is 295 g/mol. The lowest BCUT2D eigenvalue weighted by molar-refractivity contribution is -0.146. The van der Waals surface area contributed by atoms with E-state index in [1.807, 2.05) is 13.8 Å². The van der Waals surface area contributed by atoms with Crippen molar-refractivity contribution in [2.45, 2.75) is 24.4 Å². The van der Waals surface area contributed by atoms with Crippen LogP contribution < -0.4 is 5.32 Å². The van der Waals surface area contributed by atoms with Crippen molar-refractivity contribution in [3.05, 3.63) is 12.7 Å². The van der Waals surface area contributed by atoms with Crippen LogP contribution in [0.2, 0.25) is 0 Å².